The number of nitrogens with one attached hydrogen (secondary N) is 2. The van der Waals surface area contributed by atoms with Gasteiger partial charge in [0.1, 0.15) is 28.5 Å². The summed E-state index contributed by atoms with van der Waals surface area (Å²) >= 11 is 6.29. The van der Waals surface area contributed by atoms with Crippen LogP contribution in [-0.2, 0) is 10.3 Å². The van der Waals surface area contributed by atoms with Gasteiger partial charge in [0.25, 0.3) is 11.8 Å². The van der Waals surface area contributed by atoms with Gasteiger partial charge in [-0.15, -0.1) is 0 Å². The third-order valence-electron chi connectivity index (χ3n) is 7.62. The van der Waals surface area contributed by atoms with Crippen LogP contribution in [0.4, 0.5) is 8.78 Å². The first-order valence-corrected chi connectivity index (χ1v) is 13.6. The number of benzene rings is 3. The molecule has 1 saturated heterocycles. The molecule has 0 radical (unpaired) electrons. The van der Waals surface area contributed by atoms with Crippen LogP contribution in [-0.4, -0.2) is 49.0 Å². The molecule has 0 bridgehead atoms. The number of piperidine rings is 1. The molecule has 0 saturated carbocycles. The van der Waals surface area contributed by atoms with Crippen LogP contribution in [0.2, 0.25) is 5.02 Å². The van der Waals surface area contributed by atoms with Gasteiger partial charge in [0.2, 0.25) is 0 Å². The first-order valence-electron chi connectivity index (χ1n) is 13.2. The maximum absolute atomic E-state index is 15.4. The van der Waals surface area contributed by atoms with Crippen molar-refractivity contribution in [3.8, 4) is 22.9 Å². The molecule has 2 N–H and O–H groups in total. The number of carbonyl (C=O) groups excluding carboxylic acids is 2. The zero-order valence-corrected chi connectivity index (χ0v) is 23.8. The summed E-state index contributed by atoms with van der Waals surface area (Å²) in [5.41, 5.74) is -2.47. The van der Waals surface area contributed by atoms with Crippen molar-refractivity contribution in [1.29, 1.82) is 5.26 Å². The topological polar surface area (TPSA) is 94.5 Å². The van der Waals surface area contributed by atoms with E-state index >= 15 is 8.78 Å². The Labute approximate surface area is 243 Å². The van der Waals surface area contributed by atoms with Gasteiger partial charge < -0.3 is 20.3 Å². The summed E-state index contributed by atoms with van der Waals surface area (Å²) in [6.07, 6.45) is 0.647. The Morgan fingerprint density at radius 3 is 2.24 bits per heavy atom. The molecule has 7 nitrogen and oxygen atoms in total. The molecule has 41 heavy (non-hydrogen) atoms. The van der Waals surface area contributed by atoms with E-state index in [1.165, 1.54) is 26.2 Å². The van der Waals surface area contributed by atoms with Crippen molar-refractivity contribution in [2.24, 2.45) is 0 Å². The minimum absolute atomic E-state index is 0.0894. The minimum Gasteiger partial charge on any atom is -0.497 e. The number of hydrogen-bond donors (Lipinski definition) is 2. The summed E-state index contributed by atoms with van der Waals surface area (Å²) in [7, 11) is 1.26. The Morgan fingerprint density at radius 1 is 1.10 bits per heavy atom. The summed E-state index contributed by atoms with van der Waals surface area (Å²) in [6, 6.07) is 17.7. The highest BCUT2D eigenvalue weighted by atomic mass is 35.5. The number of nitrogens with zero attached hydrogens (tertiary/aromatic N) is 2. The lowest BCUT2D eigenvalue weighted by molar-refractivity contribution is -0.129. The van der Waals surface area contributed by atoms with E-state index in [0.29, 0.717) is 31.0 Å². The molecule has 1 fully saturated rings. The van der Waals surface area contributed by atoms with E-state index in [-0.39, 0.29) is 11.3 Å². The molecular formula is C31H31ClF2N4O3. The zero-order valence-electron chi connectivity index (χ0n) is 23.1. The predicted octanol–water partition coefficient (Wildman–Crippen LogP) is 5.43. The number of carbonyl (C=O) groups is 2. The fourth-order valence-electron chi connectivity index (χ4n) is 5.03. The molecule has 1 aliphatic rings. The van der Waals surface area contributed by atoms with E-state index < -0.39 is 40.1 Å². The molecule has 214 valence electrons. The minimum atomic E-state index is -2.22. The average Bonchev–Trinajstić information content (AvgIpc) is 2.97. The third kappa shape index (κ3) is 6.19. The Bertz CT molecular complexity index is 1460. The van der Waals surface area contributed by atoms with E-state index in [0.717, 1.165) is 29.8 Å². The molecule has 2 amide bonds. The molecule has 1 heterocycles. The molecule has 1 aliphatic heterocycles. The lowest BCUT2D eigenvalue weighted by atomic mass is 9.84. The van der Waals surface area contributed by atoms with Crippen molar-refractivity contribution in [3.63, 3.8) is 0 Å². The number of ether oxygens (including phenoxy) is 1. The maximum atomic E-state index is 15.4. The largest absolute Gasteiger partial charge is 0.497 e. The average molecular weight is 581 g/mol. The van der Waals surface area contributed by atoms with E-state index in [2.05, 4.69) is 21.6 Å². The fraction of sp³-hybridized carbons (Fsp3) is 0.323. The van der Waals surface area contributed by atoms with Crippen LogP contribution in [0.1, 0.15) is 42.6 Å². The molecule has 0 aromatic heterocycles. The van der Waals surface area contributed by atoms with Crippen LogP contribution < -0.4 is 15.4 Å². The highest BCUT2D eigenvalue weighted by Gasteiger charge is 2.46. The van der Waals surface area contributed by atoms with Crippen molar-refractivity contribution in [2.45, 2.75) is 37.8 Å². The predicted molar refractivity (Wildman–Crippen MR) is 152 cm³/mol. The second-order valence-electron chi connectivity index (χ2n) is 10.2. The summed E-state index contributed by atoms with van der Waals surface area (Å²) < 4.78 is 35.8. The molecule has 3 aromatic carbocycles. The van der Waals surface area contributed by atoms with Gasteiger partial charge in [0.15, 0.2) is 0 Å². The Hall–Kier alpha value is -4.00. The van der Waals surface area contributed by atoms with Crippen molar-refractivity contribution in [1.82, 2.24) is 15.5 Å². The highest BCUT2D eigenvalue weighted by Crippen LogP contribution is 2.33. The molecule has 0 spiro atoms. The van der Waals surface area contributed by atoms with Crippen LogP contribution in [0, 0.1) is 23.0 Å². The van der Waals surface area contributed by atoms with Gasteiger partial charge in [-0.3, -0.25) is 9.59 Å². The van der Waals surface area contributed by atoms with Crippen molar-refractivity contribution >= 4 is 23.4 Å². The molecule has 1 atom stereocenters. The summed E-state index contributed by atoms with van der Waals surface area (Å²) in [5.74, 6) is -3.91. The molecule has 3 aromatic rings. The van der Waals surface area contributed by atoms with Crippen LogP contribution >= 0.6 is 11.6 Å². The SMILES string of the molecule is CCN1CCC(C#N)(NC(=O)[C@@](C)(NC(=O)c2ccc(-c3ccccc3Cl)cc2)c2c(F)cc(OC)cc2F)CC1. The van der Waals surface area contributed by atoms with Gasteiger partial charge in [0.05, 0.1) is 18.7 Å². The Kier molecular flexibility index (Phi) is 8.95. The Morgan fingerprint density at radius 2 is 1.71 bits per heavy atom. The van der Waals surface area contributed by atoms with Gasteiger partial charge >= 0.3 is 0 Å². The van der Waals surface area contributed by atoms with E-state index in [1.807, 2.05) is 19.1 Å². The number of hydrogen-bond acceptors (Lipinski definition) is 5. The van der Waals surface area contributed by atoms with Gasteiger partial charge in [-0.25, -0.2) is 8.78 Å². The molecular weight excluding hydrogens is 550 g/mol. The standard InChI is InChI=1S/C31H31ClF2N4O3/c1-4-38-15-13-31(19-35,14-16-38)37-29(40)30(2,27-25(33)17-22(41-3)18-26(27)34)36-28(39)21-11-9-20(10-12-21)23-7-5-6-8-24(23)32/h5-12,17-18H,4,13-16H2,1-3H3,(H,36,39)(H,37,40)/t30-/m0/s1. The number of halogens is 3. The van der Waals surface area contributed by atoms with Crippen LogP contribution in [0.3, 0.4) is 0 Å². The number of nitriles is 1. The molecule has 0 aliphatic carbocycles. The number of rotatable bonds is 8. The van der Waals surface area contributed by atoms with Crippen molar-refractivity contribution in [2.75, 3.05) is 26.7 Å². The van der Waals surface area contributed by atoms with Gasteiger partial charge in [-0.05, 0) is 50.1 Å². The normalized spacial score (nSPS) is 16.2. The summed E-state index contributed by atoms with van der Waals surface area (Å²) in [6.45, 7) is 5.15. The highest BCUT2D eigenvalue weighted by molar-refractivity contribution is 6.33. The van der Waals surface area contributed by atoms with Crippen LogP contribution in [0.5, 0.6) is 5.75 Å². The number of amides is 2. The quantitative estimate of drug-likeness (QED) is 0.370. The molecule has 0 unspecified atom stereocenters. The van der Waals surface area contributed by atoms with E-state index in [9.17, 15) is 14.9 Å². The lowest BCUT2D eigenvalue weighted by Gasteiger charge is -2.40. The van der Waals surface area contributed by atoms with Gasteiger partial charge in [0, 0.05) is 41.4 Å². The summed E-state index contributed by atoms with van der Waals surface area (Å²) in [5, 5.41) is 15.8. The summed E-state index contributed by atoms with van der Waals surface area (Å²) in [4.78, 5) is 29.5. The van der Waals surface area contributed by atoms with E-state index in [1.54, 1.807) is 24.3 Å². The number of methoxy groups -OCH3 is 1. The maximum Gasteiger partial charge on any atom is 0.252 e. The van der Waals surface area contributed by atoms with Crippen LogP contribution in [0.25, 0.3) is 11.1 Å². The second kappa shape index (κ2) is 12.2. The smallest absolute Gasteiger partial charge is 0.252 e. The molecule has 10 heteroatoms. The van der Waals surface area contributed by atoms with Gasteiger partial charge in [-0.1, -0.05) is 48.9 Å². The second-order valence-corrected chi connectivity index (χ2v) is 10.6. The van der Waals surface area contributed by atoms with Crippen molar-refractivity contribution in [3.05, 3.63) is 88.4 Å². The van der Waals surface area contributed by atoms with Gasteiger partial charge in [-0.2, -0.15) is 5.26 Å². The molecule has 4 rings (SSSR count). The Balaban J connectivity index is 1.69. The fourth-order valence-corrected chi connectivity index (χ4v) is 5.28. The lowest BCUT2D eigenvalue weighted by Crippen LogP contribution is -2.62. The van der Waals surface area contributed by atoms with Crippen molar-refractivity contribution < 1.29 is 23.1 Å². The number of likely N-dealkylation sites (tertiary alicyclic amines) is 1. The first-order chi connectivity index (χ1) is 19.6. The van der Waals surface area contributed by atoms with Crippen LogP contribution in [0.15, 0.2) is 60.7 Å². The third-order valence-corrected chi connectivity index (χ3v) is 7.95. The zero-order chi connectivity index (χ0) is 29.8. The first kappa shape index (κ1) is 30.0. The van der Waals surface area contributed by atoms with E-state index in [4.69, 9.17) is 16.3 Å². The monoisotopic (exact) mass is 580 g/mol.